The van der Waals surface area contributed by atoms with Crippen molar-refractivity contribution in [3.8, 4) is 11.3 Å². The summed E-state index contributed by atoms with van der Waals surface area (Å²) in [4.78, 5) is 7.22. The van der Waals surface area contributed by atoms with E-state index in [0.29, 0.717) is 21.1 Å². The number of nitrogens with one attached hydrogen (secondary N) is 1. The summed E-state index contributed by atoms with van der Waals surface area (Å²) >= 11 is 11.0. The standard InChI is InChI=1S/C12H10ClFN2S/c1-6-11(15-7(2)16-12(6)17)8-3-9(13)5-10(14)4-8/h3-5H,1-2H3,(H,15,16,17). The number of aryl methyl sites for hydroxylation is 1. The monoisotopic (exact) mass is 268 g/mol. The number of hydrogen-bond acceptors (Lipinski definition) is 2. The molecule has 0 radical (unpaired) electrons. The van der Waals surface area contributed by atoms with Gasteiger partial charge in [0.25, 0.3) is 0 Å². The Labute approximate surface area is 108 Å². The van der Waals surface area contributed by atoms with Gasteiger partial charge in [0.2, 0.25) is 0 Å². The Kier molecular flexibility index (Phi) is 3.26. The second kappa shape index (κ2) is 4.55. The van der Waals surface area contributed by atoms with E-state index >= 15 is 0 Å². The predicted molar refractivity (Wildman–Crippen MR) is 69.3 cm³/mol. The number of H-pyrrole nitrogens is 1. The molecule has 0 saturated carbocycles. The summed E-state index contributed by atoms with van der Waals surface area (Å²) in [6, 6.07) is 4.37. The molecule has 0 atom stereocenters. The molecule has 0 fully saturated rings. The van der Waals surface area contributed by atoms with E-state index in [1.165, 1.54) is 12.1 Å². The minimum Gasteiger partial charge on any atom is -0.343 e. The highest BCUT2D eigenvalue weighted by atomic mass is 35.5. The van der Waals surface area contributed by atoms with Crippen LogP contribution in [-0.4, -0.2) is 9.97 Å². The van der Waals surface area contributed by atoms with Gasteiger partial charge in [0.1, 0.15) is 16.3 Å². The van der Waals surface area contributed by atoms with E-state index < -0.39 is 0 Å². The van der Waals surface area contributed by atoms with Crippen molar-refractivity contribution in [3.05, 3.63) is 45.1 Å². The first-order valence-electron chi connectivity index (χ1n) is 5.01. The molecule has 0 aliphatic rings. The Balaban J connectivity index is 2.72. The van der Waals surface area contributed by atoms with Gasteiger partial charge in [-0.3, -0.25) is 0 Å². The largest absolute Gasteiger partial charge is 0.343 e. The summed E-state index contributed by atoms with van der Waals surface area (Å²) < 4.78 is 13.8. The molecule has 1 aromatic heterocycles. The van der Waals surface area contributed by atoms with Crippen LogP contribution in [0.5, 0.6) is 0 Å². The maximum atomic E-state index is 13.3. The van der Waals surface area contributed by atoms with Crippen molar-refractivity contribution in [1.29, 1.82) is 0 Å². The molecular weight excluding hydrogens is 259 g/mol. The Hall–Kier alpha value is -1.26. The lowest BCUT2D eigenvalue weighted by Crippen LogP contribution is -1.96. The summed E-state index contributed by atoms with van der Waals surface area (Å²) in [6.45, 7) is 3.65. The van der Waals surface area contributed by atoms with Crippen molar-refractivity contribution in [2.45, 2.75) is 13.8 Å². The van der Waals surface area contributed by atoms with Crippen LogP contribution in [0.3, 0.4) is 0 Å². The van der Waals surface area contributed by atoms with Crippen LogP contribution >= 0.6 is 23.8 Å². The van der Waals surface area contributed by atoms with Gasteiger partial charge in [-0.05, 0) is 32.0 Å². The molecule has 2 rings (SSSR count). The molecule has 5 heteroatoms. The third-order valence-corrected chi connectivity index (χ3v) is 3.04. The molecule has 17 heavy (non-hydrogen) atoms. The second-order valence-electron chi connectivity index (χ2n) is 3.79. The molecule has 2 aromatic rings. The third kappa shape index (κ3) is 2.53. The number of hydrogen-bond donors (Lipinski definition) is 1. The third-order valence-electron chi connectivity index (χ3n) is 2.42. The van der Waals surface area contributed by atoms with Gasteiger partial charge in [-0.1, -0.05) is 23.8 Å². The lowest BCUT2D eigenvalue weighted by atomic mass is 10.1. The van der Waals surface area contributed by atoms with Gasteiger partial charge in [0, 0.05) is 16.1 Å². The van der Waals surface area contributed by atoms with Crippen molar-refractivity contribution >= 4 is 23.8 Å². The van der Waals surface area contributed by atoms with Crippen molar-refractivity contribution in [2.75, 3.05) is 0 Å². The second-order valence-corrected chi connectivity index (χ2v) is 4.61. The lowest BCUT2D eigenvalue weighted by Gasteiger charge is -2.08. The fourth-order valence-corrected chi connectivity index (χ4v) is 2.09. The van der Waals surface area contributed by atoms with Gasteiger partial charge >= 0.3 is 0 Å². The van der Waals surface area contributed by atoms with E-state index in [0.717, 1.165) is 11.3 Å². The predicted octanol–water partition coefficient (Wildman–Crippen LogP) is 4.22. The van der Waals surface area contributed by atoms with Crippen molar-refractivity contribution in [1.82, 2.24) is 9.97 Å². The SMILES string of the molecule is Cc1nc(=S)c(C)c(-c2cc(F)cc(Cl)c2)[nH]1. The van der Waals surface area contributed by atoms with E-state index in [1.54, 1.807) is 13.0 Å². The molecule has 1 heterocycles. The summed E-state index contributed by atoms with van der Waals surface area (Å²) in [5, 5.41) is 0.355. The molecule has 88 valence electrons. The number of nitrogens with zero attached hydrogens (tertiary/aromatic N) is 1. The first-order valence-corrected chi connectivity index (χ1v) is 5.80. The number of rotatable bonds is 1. The molecule has 0 aliphatic heterocycles. The molecule has 0 unspecified atom stereocenters. The lowest BCUT2D eigenvalue weighted by molar-refractivity contribution is 0.628. The molecule has 0 aliphatic carbocycles. The molecule has 1 aromatic carbocycles. The molecular formula is C12H10ClFN2S. The topological polar surface area (TPSA) is 28.7 Å². The van der Waals surface area contributed by atoms with Gasteiger partial charge < -0.3 is 4.98 Å². The van der Waals surface area contributed by atoms with E-state index in [1.807, 2.05) is 6.92 Å². The maximum Gasteiger partial charge on any atom is 0.133 e. The van der Waals surface area contributed by atoms with Crippen LogP contribution in [0.25, 0.3) is 11.3 Å². The van der Waals surface area contributed by atoms with Crippen molar-refractivity contribution in [3.63, 3.8) is 0 Å². The van der Waals surface area contributed by atoms with Crippen LogP contribution in [0.4, 0.5) is 4.39 Å². The van der Waals surface area contributed by atoms with E-state index in [9.17, 15) is 4.39 Å². The Morgan fingerprint density at radius 1 is 1.29 bits per heavy atom. The molecule has 2 nitrogen and oxygen atoms in total. The quantitative estimate of drug-likeness (QED) is 0.785. The fraction of sp³-hybridized carbons (Fsp3) is 0.167. The van der Waals surface area contributed by atoms with Crippen LogP contribution in [0.2, 0.25) is 5.02 Å². The maximum absolute atomic E-state index is 13.3. The minimum absolute atomic E-state index is 0.355. The normalized spacial score (nSPS) is 10.6. The highest BCUT2D eigenvalue weighted by Gasteiger charge is 2.08. The zero-order valence-electron chi connectivity index (χ0n) is 9.34. The van der Waals surface area contributed by atoms with E-state index in [2.05, 4.69) is 9.97 Å². The average Bonchev–Trinajstić information content (AvgIpc) is 2.22. The zero-order valence-corrected chi connectivity index (χ0v) is 10.9. The van der Waals surface area contributed by atoms with Crippen LogP contribution in [-0.2, 0) is 0 Å². The Morgan fingerprint density at radius 2 is 2.00 bits per heavy atom. The number of aromatic amines is 1. The summed E-state index contributed by atoms with van der Waals surface area (Å²) in [5.74, 6) is 0.316. The van der Waals surface area contributed by atoms with Crippen molar-refractivity contribution in [2.24, 2.45) is 0 Å². The van der Waals surface area contributed by atoms with Gasteiger partial charge in [-0.25, -0.2) is 9.37 Å². The molecule has 1 N–H and O–H groups in total. The average molecular weight is 269 g/mol. The Morgan fingerprint density at radius 3 is 2.65 bits per heavy atom. The van der Waals surface area contributed by atoms with E-state index in [-0.39, 0.29) is 5.82 Å². The van der Waals surface area contributed by atoms with Gasteiger partial charge in [0.05, 0.1) is 5.69 Å². The van der Waals surface area contributed by atoms with Gasteiger partial charge in [-0.15, -0.1) is 0 Å². The van der Waals surface area contributed by atoms with Gasteiger partial charge in [-0.2, -0.15) is 0 Å². The zero-order chi connectivity index (χ0) is 12.6. The van der Waals surface area contributed by atoms with Gasteiger partial charge in [0.15, 0.2) is 0 Å². The summed E-state index contributed by atoms with van der Waals surface area (Å²) in [5.41, 5.74) is 2.24. The van der Waals surface area contributed by atoms with Crippen LogP contribution in [0, 0.1) is 24.3 Å². The molecule has 0 amide bonds. The molecule has 0 spiro atoms. The highest BCUT2D eigenvalue weighted by Crippen LogP contribution is 2.25. The fourth-order valence-electron chi connectivity index (χ4n) is 1.63. The number of aromatic nitrogens is 2. The van der Waals surface area contributed by atoms with Crippen LogP contribution in [0.15, 0.2) is 18.2 Å². The molecule has 0 saturated heterocycles. The summed E-state index contributed by atoms with van der Waals surface area (Å²) in [7, 11) is 0. The smallest absolute Gasteiger partial charge is 0.133 e. The molecule has 0 bridgehead atoms. The number of benzene rings is 1. The van der Waals surface area contributed by atoms with Crippen LogP contribution in [0.1, 0.15) is 11.4 Å². The Bertz CT molecular complexity index is 617. The highest BCUT2D eigenvalue weighted by molar-refractivity contribution is 7.71. The first kappa shape index (κ1) is 12.2. The van der Waals surface area contributed by atoms with E-state index in [4.69, 9.17) is 23.8 Å². The number of halogens is 2. The minimum atomic E-state index is -0.374. The van der Waals surface area contributed by atoms with Crippen molar-refractivity contribution < 1.29 is 4.39 Å². The summed E-state index contributed by atoms with van der Waals surface area (Å²) in [6.07, 6.45) is 0. The van der Waals surface area contributed by atoms with Crippen LogP contribution < -0.4 is 0 Å². The first-order chi connectivity index (χ1) is 7.97.